The van der Waals surface area contributed by atoms with Crippen molar-refractivity contribution in [2.45, 2.75) is 26.3 Å². The highest BCUT2D eigenvalue weighted by atomic mass is 16.5. The molecule has 0 aromatic heterocycles. The van der Waals surface area contributed by atoms with Gasteiger partial charge in [-0.15, -0.1) is 0 Å². The maximum absolute atomic E-state index is 11.8. The van der Waals surface area contributed by atoms with Crippen LogP contribution >= 0.6 is 0 Å². The van der Waals surface area contributed by atoms with Crippen molar-refractivity contribution in [1.29, 1.82) is 0 Å². The van der Waals surface area contributed by atoms with Gasteiger partial charge in [0.15, 0.2) is 0 Å². The van der Waals surface area contributed by atoms with Gasteiger partial charge in [0.1, 0.15) is 0 Å². The van der Waals surface area contributed by atoms with Crippen LogP contribution in [0.4, 0.5) is 0 Å². The van der Waals surface area contributed by atoms with Gasteiger partial charge in [-0.1, -0.05) is 13.8 Å². The number of amides is 1. The summed E-state index contributed by atoms with van der Waals surface area (Å²) >= 11 is 0. The van der Waals surface area contributed by atoms with Gasteiger partial charge in [-0.2, -0.15) is 0 Å². The van der Waals surface area contributed by atoms with Crippen LogP contribution in [0.15, 0.2) is 0 Å². The zero-order valence-electron chi connectivity index (χ0n) is 9.88. The van der Waals surface area contributed by atoms with Crippen molar-refractivity contribution in [3.05, 3.63) is 0 Å². The summed E-state index contributed by atoms with van der Waals surface area (Å²) in [5.74, 6) is 0.795. The highest BCUT2D eigenvalue weighted by molar-refractivity contribution is 5.79. The first kappa shape index (κ1) is 12.5. The topological polar surface area (TPSA) is 50.4 Å². The van der Waals surface area contributed by atoms with E-state index in [1.807, 2.05) is 0 Å². The van der Waals surface area contributed by atoms with E-state index in [-0.39, 0.29) is 11.8 Å². The highest BCUT2D eigenvalue weighted by Gasteiger charge is 2.34. The summed E-state index contributed by atoms with van der Waals surface area (Å²) in [4.78, 5) is 11.8. The quantitative estimate of drug-likeness (QED) is 0.651. The Bertz CT molecular complexity index is 207. The van der Waals surface area contributed by atoms with Gasteiger partial charge in [-0.3, -0.25) is 4.79 Å². The van der Waals surface area contributed by atoms with E-state index >= 15 is 0 Å². The van der Waals surface area contributed by atoms with Crippen molar-refractivity contribution in [3.63, 3.8) is 0 Å². The Morgan fingerprint density at radius 1 is 1.60 bits per heavy atom. The number of hydrogen-bond donors (Lipinski definition) is 2. The molecule has 1 heterocycles. The third kappa shape index (κ3) is 3.47. The molecule has 4 heteroatoms. The number of carbonyl (C=O) groups excluding carboxylic acids is 1. The molecule has 0 saturated carbocycles. The summed E-state index contributed by atoms with van der Waals surface area (Å²) < 4.78 is 4.90. The van der Waals surface area contributed by atoms with Crippen molar-refractivity contribution < 1.29 is 9.53 Å². The lowest BCUT2D eigenvalue weighted by molar-refractivity contribution is -0.125. The minimum Gasteiger partial charge on any atom is -0.383 e. The molecule has 88 valence electrons. The monoisotopic (exact) mass is 214 g/mol. The van der Waals surface area contributed by atoms with E-state index in [1.54, 1.807) is 7.11 Å². The minimum atomic E-state index is 0.127. The second-order valence-corrected chi connectivity index (χ2v) is 4.40. The van der Waals surface area contributed by atoms with E-state index in [0.29, 0.717) is 25.1 Å². The van der Waals surface area contributed by atoms with E-state index in [4.69, 9.17) is 4.74 Å². The summed E-state index contributed by atoms with van der Waals surface area (Å²) in [6, 6.07) is 0.326. The fourth-order valence-electron chi connectivity index (χ4n) is 2.13. The molecule has 4 nitrogen and oxygen atoms in total. The van der Waals surface area contributed by atoms with Gasteiger partial charge in [-0.25, -0.2) is 0 Å². The molecule has 15 heavy (non-hydrogen) atoms. The standard InChI is InChI=1S/C11H22N2O2/c1-8(2)10-9(4-5-12-10)11(14)13-6-7-15-3/h8-10,12H,4-7H2,1-3H3,(H,13,14). The Morgan fingerprint density at radius 2 is 2.33 bits per heavy atom. The smallest absolute Gasteiger partial charge is 0.224 e. The van der Waals surface area contributed by atoms with Crippen molar-refractivity contribution in [3.8, 4) is 0 Å². The van der Waals surface area contributed by atoms with Gasteiger partial charge in [0.2, 0.25) is 5.91 Å². The van der Waals surface area contributed by atoms with Gasteiger partial charge in [0, 0.05) is 19.7 Å². The molecule has 2 atom stereocenters. The third-order valence-corrected chi connectivity index (χ3v) is 2.93. The van der Waals surface area contributed by atoms with Crippen molar-refractivity contribution in [2.75, 3.05) is 26.8 Å². The van der Waals surface area contributed by atoms with Crippen LogP contribution in [-0.2, 0) is 9.53 Å². The van der Waals surface area contributed by atoms with Crippen LogP contribution in [-0.4, -0.2) is 38.8 Å². The Balaban J connectivity index is 2.37. The molecule has 0 aromatic rings. The van der Waals surface area contributed by atoms with Gasteiger partial charge in [0.25, 0.3) is 0 Å². The molecule has 0 aliphatic carbocycles. The predicted octanol–water partition coefficient (Wildman–Crippen LogP) is 0.383. The van der Waals surface area contributed by atoms with E-state index in [2.05, 4.69) is 24.5 Å². The Kier molecular flexibility index (Phi) is 5.05. The number of rotatable bonds is 5. The second-order valence-electron chi connectivity index (χ2n) is 4.40. The van der Waals surface area contributed by atoms with Gasteiger partial charge >= 0.3 is 0 Å². The molecule has 0 radical (unpaired) electrons. The van der Waals surface area contributed by atoms with Crippen LogP contribution < -0.4 is 10.6 Å². The fraction of sp³-hybridized carbons (Fsp3) is 0.909. The van der Waals surface area contributed by atoms with Crippen LogP contribution in [0, 0.1) is 11.8 Å². The molecule has 2 N–H and O–H groups in total. The summed E-state index contributed by atoms with van der Waals surface area (Å²) in [7, 11) is 1.64. The van der Waals surface area contributed by atoms with Crippen LogP contribution in [0.3, 0.4) is 0 Å². The summed E-state index contributed by atoms with van der Waals surface area (Å²) in [5.41, 5.74) is 0. The second kappa shape index (κ2) is 6.08. The molecule has 0 bridgehead atoms. The maximum atomic E-state index is 11.8. The summed E-state index contributed by atoms with van der Waals surface area (Å²) in [6.45, 7) is 6.44. The zero-order valence-corrected chi connectivity index (χ0v) is 9.88. The Hall–Kier alpha value is -0.610. The molecular weight excluding hydrogens is 192 g/mol. The summed E-state index contributed by atoms with van der Waals surface area (Å²) in [5, 5.41) is 6.29. The SMILES string of the molecule is COCCNC(=O)C1CCNC1C(C)C. The number of carbonyl (C=O) groups is 1. The van der Waals surface area contributed by atoms with Crippen LogP contribution in [0.25, 0.3) is 0 Å². The van der Waals surface area contributed by atoms with E-state index in [1.165, 1.54) is 0 Å². The van der Waals surface area contributed by atoms with Gasteiger partial charge in [0.05, 0.1) is 12.5 Å². The lowest BCUT2D eigenvalue weighted by Gasteiger charge is -2.22. The Labute approximate surface area is 91.8 Å². The van der Waals surface area contributed by atoms with E-state index in [0.717, 1.165) is 13.0 Å². The highest BCUT2D eigenvalue weighted by Crippen LogP contribution is 2.21. The van der Waals surface area contributed by atoms with Gasteiger partial charge in [-0.05, 0) is 18.9 Å². The number of ether oxygens (including phenoxy) is 1. The lowest BCUT2D eigenvalue weighted by atomic mass is 9.91. The Morgan fingerprint density at radius 3 is 2.93 bits per heavy atom. The first-order valence-electron chi connectivity index (χ1n) is 5.67. The molecule has 1 fully saturated rings. The molecule has 1 amide bonds. The molecule has 1 aliphatic heterocycles. The molecule has 0 aromatic carbocycles. The number of methoxy groups -OCH3 is 1. The van der Waals surface area contributed by atoms with Crippen LogP contribution in [0.1, 0.15) is 20.3 Å². The van der Waals surface area contributed by atoms with E-state index in [9.17, 15) is 4.79 Å². The largest absolute Gasteiger partial charge is 0.383 e. The maximum Gasteiger partial charge on any atom is 0.224 e. The molecule has 1 aliphatic rings. The van der Waals surface area contributed by atoms with Gasteiger partial charge < -0.3 is 15.4 Å². The van der Waals surface area contributed by atoms with Crippen LogP contribution in [0.2, 0.25) is 0 Å². The molecule has 1 rings (SSSR count). The van der Waals surface area contributed by atoms with Crippen molar-refractivity contribution >= 4 is 5.91 Å². The average molecular weight is 214 g/mol. The predicted molar refractivity (Wildman–Crippen MR) is 59.6 cm³/mol. The first-order chi connectivity index (χ1) is 7.16. The van der Waals surface area contributed by atoms with E-state index < -0.39 is 0 Å². The zero-order chi connectivity index (χ0) is 11.3. The average Bonchev–Trinajstić information content (AvgIpc) is 2.66. The molecule has 1 saturated heterocycles. The normalized spacial score (nSPS) is 25.9. The van der Waals surface area contributed by atoms with Crippen molar-refractivity contribution in [2.24, 2.45) is 11.8 Å². The number of nitrogens with one attached hydrogen (secondary N) is 2. The summed E-state index contributed by atoms with van der Waals surface area (Å²) in [6.07, 6.45) is 0.946. The third-order valence-electron chi connectivity index (χ3n) is 2.93. The lowest BCUT2D eigenvalue weighted by Crippen LogP contribution is -2.42. The fourth-order valence-corrected chi connectivity index (χ4v) is 2.13. The van der Waals surface area contributed by atoms with Crippen LogP contribution in [0.5, 0.6) is 0 Å². The molecule has 0 spiro atoms. The molecular formula is C11H22N2O2. The molecule has 2 unspecified atom stereocenters. The number of hydrogen-bond acceptors (Lipinski definition) is 3. The van der Waals surface area contributed by atoms with Crippen molar-refractivity contribution in [1.82, 2.24) is 10.6 Å². The minimum absolute atomic E-state index is 0.127. The first-order valence-corrected chi connectivity index (χ1v) is 5.67.